The minimum absolute atomic E-state index is 0.0183. The van der Waals surface area contributed by atoms with E-state index in [9.17, 15) is 4.79 Å². The number of piperidine rings is 1. The van der Waals surface area contributed by atoms with Crippen molar-refractivity contribution in [2.24, 2.45) is 0 Å². The molecule has 0 radical (unpaired) electrons. The number of methoxy groups -OCH3 is 1. The molecule has 2 aromatic rings. The van der Waals surface area contributed by atoms with E-state index >= 15 is 0 Å². The number of amides is 1. The number of ether oxygens (including phenoxy) is 1. The number of hydrogen-bond acceptors (Lipinski definition) is 4. The SMILES string of the molecule is COc1ccc([C@H](CNC(=O)[C@@H]2Cc3ccccc3S2)N2CCCCC2)cc1. The van der Waals surface area contributed by atoms with Crippen LogP contribution in [0.15, 0.2) is 53.4 Å². The van der Waals surface area contributed by atoms with Gasteiger partial charge in [-0.1, -0.05) is 36.8 Å². The average molecular weight is 397 g/mol. The summed E-state index contributed by atoms with van der Waals surface area (Å²) in [5.41, 5.74) is 2.53. The normalized spacial score (nSPS) is 20.4. The van der Waals surface area contributed by atoms with Crippen LogP contribution in [0.25, 0.3) is 0 Å². The maximum absolute atomic E-state index is 12.9. The summed E-state index contributed by atoms with van der Waals surface area (Å²) < 4.78 is 5.30. The van der Waals surface area contributed by atoms with E-state index in [2.05, 4.69) is 40.5 Å². The van der Waals surface area contributed by atoms with Crippen LogP contribution >= 0.6 is 11.8 Å². The quantitative estimate of drug-likeness (QED) is 0.800. The third-order valence-electron chi connectivity index (χ3n) is 5.74. The lowest BCUT2D eigenvalue weighted by atomic mass is 10.0. The van der Waals surface area contributed by atoms with Crippen molar-refractivity contribution in [3.63, 3.8) is 0 Å². The Morgan fingerprint density at radius 1 is 1.14 bits per heavy atom. The van der Waals surface area contributed by atoms with Gasteiger partial charge in [0, 0.05) is 11.4 Å². The number of carbonyl (C=O) groups is 1. The molecule has 2 atom stereocenters. The van der Waals surface area contributed by atoms with Crippen LogP contribution in [-0.2, 0) is 11.2 Å². The molecule has 0 aromatic heterocycles. The molecule has 148 valence electrons. The fourth-order valence-corrected chi connectivity index (χ4v) is 5.37. The topological polar surface area (TPSA) is 41.6 Å². The van der Waals surface area contributed by atoms with E-state index in [-0.39, 0.29) is 17.2 Å². The molecule has 2 aliphatic heterocycles. The Labute approximate surface area is 171 Å². The highest BCUT2D eigenvalue weighted by molar-refractivity contribution is 8.01. The number of thioether (sulfide) groups is 1. The van der Waals surface area contributed by atoms with Gasteiger partial charge < -0.3 is 10.1 Å². The summed E-state index contributed by atoms with van der Waals surface area (Å²) in [5.74, 6) is 1.02. The fraction of sp³-hybridized carbons (Fsp3) is 0.435. The molecule has 4 rings (SSSR count). The molecule has 0 unspecified atom stereocenters. The lowest BCUT2D eigenvalue weighted by Gasteiger charge is -2.35. The number of fused-ring (bicyclic) bond motifs is 1. The van der Waals surface area contributed by atoms with Crippen LogP contribution in [0.5, 0.6) is 5.75 Å². The van der Waals surface area contributed by atoms with Gasteiger partial charge in [-0.3, -0.25) is 9.69 Å². The van der Waals surface area contributed by atoms with Gasteiger partial charge in [0.2, 0.25) is 5.91 Å². The highest BCUT2D eigenvalue weighted by Gasteiger charge is 2.29. The molecule has 2 aliphatic rings. The van der Waals surface area contributed by atoms with Gasteiger partial charge in [0.05, 0.1) is 18.4 Å². The number of nitrogens with one attached hydrogen (secondary N) is 1. The van der Waals surface area contributed by atoms with E-state index in [4.69, 9.17) is 4.74 Å². The Morgan fingerprint density at radius 2 is 1.89 bits per heavy atom. The van der Waals surface area contributed by atoms with Crippen LogP contribution in [0.3, 0.4) is 0 Å². The second-order valence-corrected chi connectivity index (χ2v) is 8.79. The number of nitrogens with zero attached hydrogens (tertiary/aromatic N) is 1. The van der Waals surface area contributed by atoms with E-state index in [1.165, 1.54) is 35.3 Å². The Hall–Kier alpha value is -1.98. The van der Waals surface area contributed by atoms with E-state index in [1.807, 2.05) is 18.2 Å². The molecule has 0 aliphatic carbocycles. The summed E-state index contributed by atoms with van der Waals surface area (Å²) in [7, 11) is 1.69. The van der Waals surface area contributed by atoms with Crippen molar-refractivity contribution >= 4 is 17.7 Å². The van der Waals surface area contributed by atoms with Gasteiger partial charge >= 0.3 is 0 Å². The Balaban J connectivity index is 1.42. The standard InChI is InChI=1S/C23H28N2O2S/c1-27-19-11-9-17(10-12-19)20(25-13-5-2-6-14-25)16-24-23(26)22-15-18-7-3-4-8-21(18)28-22/h3-4,7-12,20,22H,2,5-6,13-16H2,1H3,(H,24,26)/t20-,22-/m0/s1. The van der Waals surface area contributed by atoms with Gasteiger partial charge in [-0.2, -0.15) is 0 Å². The second-order valence-electron chi connectivity index (χ2n) is 7.55. The molecule has 2 heterocycles. The van der Waals surface area contributed by atoms with Crippen LogP contribution < -0.4 is 10.1 Å². The summed E-state index contributed by atoms with van der Waals surface area (Å²) >= 11 is 1.69. The van der Waals surface area contributed by atoms with Crippen molar-refractivity contribution in [1.82, 2.24) is 10.2 Å². The van der Waals surface area contributed by atoms with Crippen LogP contribution in [0.4, 0.5) is 0 Å². The minimum atomic E-state index is -0.0183. The lowest BCUT2D eigenvalue weighted by molar-refractivity contribution is -0.120. The van der Waals surface area contributed by atoms with Gasteiger partial charge in [-0.15, -0.1) is 11.8 Å². The largest absolute Gasteiger partial charge is 0.497 e. The predicted octanol–water partition coefficient (Wildman–Crippen LogP) is 4.06. The summed E-state index contributed by atoms with van der Waals surface area (Å²) in [6.45, 7) is 2.84. The van der Waals surface area contributed by atoms with Crippen molar-refractivity contribution in [3.05, 3.63) is 59.7 Å². The molecule has 1 amide bonds. The monoisotopic (exact) mass is 396 g/mol. The summed E-state index contributed by atoms with van der Waals surface area (Å²) in [5, 5.41) is 3.23. The van der Waals surface area contributed by atoms with E-state index in [1.54, 1.807) is 18.9 Å². The minimum Gasteiger partial charge on any atom is -0.497 e. The van der Waals surface area contributed by atoms with Crippen molar-refractivity contribution in [2.75, 3.05) is 26.7 Å². The highest BCUT2D eigenvalue weighted by Crippen LogP contribution is 2.37. The van der Waals surface area contributed by atoms with Gasteiger partial charge in [0.1, 0.15) is 5.75 Å². The summed E-state index contributed by atoms with van der Waals surface area (Å²) in [6.07, 6.45) is 4.58. The van der Waals surface area contributed by atoms with Gasteiger partial charge in [0.25, 0.3) is 0 Å². The number of carbonyl (C=O) groups excluding carboxylic acids is 1. The van der Waals surface area contributed by atoms with Crippen molar-refractivity contribution in [2.45, 2.75) is 41.9 Å². The predicted molar refractivity (Wildman–Crippen MR) is 114 cm³/mol. The second kappa shape index (κ2) is 9.01. The molecule has 5 heteroatoms. The number of rotatable bonds is 6. The molecular weight excluding hydrogens is 368 g/mol. The molecular formula is C23H28N2O2S. The van der Waals surface area contributed by atoms with Gasteiger partial charge in [-0.05, 0) is 61.7 Å². The number of likely N-dealkylation sites (tertiary alicyclic amines) is 1. The first-order valence-corrected chi connectivity index (χ1v) is 11.0. The molecule has 0 bridgehead atoms. The zero-order valence-corrected chi connectivity index (χ0v) is 17.2. The molecule has 1 fully saturated rings. The maximum atomic E-state index is 12.9. The molecule has 1 N–H and O–H groups in total. The Kier molecular flexibility index (Phi) is 6.23. The smallest absolute Gasteiger partial charge is 0.233 e. The number of hydrogen-bond donors (Lipinski definition) is 1. The summed E-state index contributed by atoms with van der Waals surface area (Å²) in [6, 6.07) is 16.8. The molecule has 1 saturated heterocycles. The van der Waals surface area contributed by atoms with E-state index < -0.39 is 0 Å². The lowest BCUT2D eigenvalue weighted by Crippen LogP contribution is -2.42. The highest BCUT2D eigenvalue weighted by atomic mass is 32.2. The fourth-order valence-electron chi connectivity index (χ4n) is 4.15. The zero-order chi connectivity index (χ0) is 19.3. The zero-order valence-electron chi connectivity index (χ0n) is 16.4. The molecule has 0 saturated carbocycles. The molecule has 4 nitrogen and oxygen atoms in total. The van der Waals surface area contributed by atoms with Crippen LogP contribution in [-0.4, -0.2) is 42.8 Å². The van der Waals surface area contributed by atoms with Crippen molar-refractivity contribution in [1.29, 1.82) is 0 Å². The van der Waals surface area contributed by atoms with Crippen molar-refractivity contribution in [3.8, 4) is 5.75 Å². The molecule has 0 spiro atoms. The first-order chi connectivity index (χ1) is 13.7. The Morgan fingerprint density at radius 3 is 2.61 bits per heavy atom. The van der Waals surface area contributed by atoms with Crippen LogP contribution in [0.2, 0.25) is 0 Å². The number of benzene rings is 2. The third kappa shape index (κ3) is 4.36. The molecule has 2 aromatic carbocycles. The summed E-state index contributed by atoms with van der Waals surface area (Å²) in [4.78, 5) is 16.6. The first kappa shape index (κ1) is 19.3. The van der Waals surface area contributed by atoms with Crippen molar-refractivity contribution < 1.29 is 9.53 Å². The van der Waals surface area contributed by atoms with Crippen LogP contribution in [0.1, 0.15) is 36.4 Å². The maximum Gasteiger partial charge on any atom is 0.233 e. The van der Waals surface area contributed by atoms with E-state index in [0.717, 1.165) is 25.3 Å². The van der Waals surface area contributed by atoms with Crippen LogP contribution in [0, 0.1) is 0 Å². The van der Waals surface area contributed by atoms with E-state index in [0.29, 0.717) is 6.54 Å². The van der Waals surface area contributed by atoms with Gasteiger partial charge in [0.15, 0.2) is 0 Å². The molecule has 28 heavy (non-hydrogen) atoms. The average Bonchev–Trinajstić information content (AvgIpc) is 3.19. The third-order valence-corrected chi connectivity index (χ3v) is 7.06. The Bertz CT molecular complexity index is 778. The van der Waals surface area contributed by atoms with Gasteiger partial charge in [-0.25, -0.2) is 0 Å². The first-order valence-electron chi connectivity index (χ1n) is 10.1.